The molecule has 7 nitrogen and oxygen atoms in total. The summed E-state index contributed by atoms with van der Waals surface area (Å²) in [4.78, 5) is 10.9. The molecule has 0 amide bonds. The highest BCUT2D eigenvalue weighted by molar-refractivity contribution is 6.30. The first-order chi connectivity index (χ1) is 10.1. The van der Waals surface area contributed by atoms with E-state index < -0.39 is 5.97 Å². The molecule has 0 bridgehead atoms. The van der Waals surface area contributed by atoms with Gasteiger partial charge in [-0.25, -0.2) is 9.48 Å². The molecule has 0 aliphatic carbocycles. The molecule has 112 valence electrons. The van der Waals surface area contributed by atoms with Gasteiger partial charge < -0.3 is 15.6 Å². The summed E-state index contributed by atoms with van der Waals surface area (Å²) in [7, 11) is 0. The van der Waals surface area contributed by atoms with E-state index in [0.29, 0.717) is 30.3 Å². The van der Waals surface area contributed by atoms with Crippen LogP contribution < -0.4 is 10.5 Å². The average Bonchev–Trinajstić information content (AvgIpc) is 2.88. The molecule has 0 radical (unpaired) electrons. The van der Waals surface area contributed by atoms with Crippen molar-refractivity contribution in [3.05, 3.63) is 40.7 Å². The van der Waals surface area contributed by atoms with Gasteiger partial charge in [-0.1, -0.05) is 16.8 Å². The van der Waals surface area contributed by atoms with Crippen LogP contribution in [0.4, 0.5) is 0 Å². The molecule has 3 N–H and O–H groups in total. The molecular weight excluding hydrogens is 296 g/mol. The Morgan fingerprint density at radius 3 is 2.71 bits per heavy atom. The summed E-state index contributed by atoms with van der Waals surface area (Å²) >= 11 is 5.78. The molecule has 0 spiro atoms. The highest BCUT2D eigenvalue weighted by atomic mass is 35.5. The maximum absolute atomic E-state index is 10.9. The first kappa shape index (κ1) is 15.3. The van der Waals surface area contributed by atoms with Gasteiger partial charge in [0.25, 0.3) is 0 Å². The molecule has 21 heavy (non-hydrogen) atoms. The van der Waals surface area contributed by atoms with Gasteiger partial charge >= 0.3 is 5.97 Å². The number of aryl methyl sites for hydroxylation is 1. The van der Waals surface area contributed by atoms with E-state index in [9.17, 15) is 4.79 Å². The van der Waals surface area contributed by atoms with Crippen LogP contribution in [0, 0.1) is 0 Å². The number of benzene rings is 1. The number of ether oxygens (including phenoxy) is 1. The number of nitrogens with zero attached hydrogens (tertiary/aromatic N) is 3. The smallest absolute Gasteiger partial charge is 0.358 e. The van der Waals surface area contributed by atoms with E-state index in [-0.39, 0.29) is 12.2 Å². The molecule has 2 aromatic rings. The maximum atomic E-state index is 10.9. The Morgan fingerprint density at radius 1 is 1.38 bits per heavy atom. The fraction of sp³-hybridized carbons (Fsp3) is 0.308. The van der Waals surface area contributed by atoms with Gasteiger partial charge in [-0.05, 0) is 24.3 Å². The lowest BCUT2D eigenvalue weighted by molar-refractivity contribution is 0.0689. The van der Waals surface area contributed by atoms with Crippen molar-refractivity contribution in [3.8, 4) is 5.75 Å². The topological polar surface area (TPSA) is 103 Å². The van der Waals surface area contributed by atoms with Gasteiger partial charge in [-0.15, -0.1) is 5.10 Å². The van der Waals surface area contributed by atoms with Crippen molar-refractivity contribution in [2.24, 2.45) is 5.73 Å². The third-order valence-electron chi connectivity index (χ3n) is 2.83. The molecule has 8 heteroatoms. The Bertz CT molecular complexity index is 612. The van der Waals surface area contributed by atoms with E-state index in [1.807, 2.05) is 0 Å². The van der Waals surface area contributed by atoms with Crippen molar-refractivity contribution in [1.29, 1.82) is 0 Å². The minimum atomic E-state index is -1.13. The number of carboxylic acids is 1. The van der Waals surface area contributed by atoms with Crippen LogP contribution in [0.1, 0.15) is 22.6 Å². The molecule has 0 aliphatic rings. The molecule has 1 aromatic carbocycles. The number of nitrogens with two attached hydrogens (primary N) is 1. The zero-order valence-corrected chi connectivity index (χ0v) is 12.0. The van der Waals surface area contributed by atoms with Gasteiger partial charge in [0.1, 0.15) is 5.75 Å². The van der Waals surface area contributed by atoms with E-state index in [2.05, 4.69) is 10.3 Å². The van der Waals surface area contributed by atoms with Crippen molar-refractivity contribution < 1.29 is 14.6 Å². The van der Waals surface area contributed by atoms with Crippen LogP contribution in [0.25, 0.3) is 0 Å². The van der Waals surface area contributed by atoms with Gasteiger partial charge in [0.2, 0.25) is 0 Å². The van der Waals surface area contributed by atoms with Crippen molar-refractivity contribution in [1.82, 2.24) is 15.0 Å². The van der Waals surface area contributed by atoms with Crippen LogP contribution in [-0.2, 0) is 13.1 Å². The fourth-order valence-electron chi connectivity index (χ4n) is 1.82. The quantitative estimate of drug-likeness (QED) is 0.752. The number of carboxylic acid groups (broad SMARTS) is 1. The highest BCUT2D eigenvalue weighted by Gasteiger charge is 2.17. The Hall–Kier alpha value is -2.12. The van der Waals surface area contributed by atoms with E-state index >= 15 is 0 Å². The Labute approximate surface area is 126 Å². The summed E-state index contributed by atoms with van der Waals surface area (Å²) < 4.78 is 7.04. The molecule has 1 heterocycles. The van der Waals surface area contributed by atoms with Gasteiger partial charge in [-0.2, -0.15) is 0 Å². The summed E-state index contributed by atoms with van der Waals surface area (Å²) in [5.74, 6) is -0.401. The van der Waals surface area contributed by atoms with Crippen LogP contribution in [0.2, 0.25) is 5.02 Å². The molecule has 0 saturated carbocycles. The van der Waals surface area contributed by atoms with E-state index in [0.717, 1.165) is 5.75 Å². The molecule has 0 fully saturated rings. The maximum Gasteiger partial charge on any atom is 0.358 e. The number of carbonyl (C=O) groups is 1. The summed E-state index contributed by atoms with van der Waals surface area (Å²) in [6, 6.07) is 7.07. The minimum absolute atomic E-state index is 0.0761. The summed E-state index contributed by atoms with van der Waals surface area (Å²) in [5.41, 5.74) is 5.85. The standard InChI is InChI=1S/C13H15ClN4O3/c14-9-2-4-10(5-3-9)21-7-1-6-18-11(8-15)12(13(19)20)16-17-18/h2-5H,1,6-8,15H2,(H,19,20). The lowest BCUT2D eigenvalue weighted by atomic mass is 10.3. The molecule has 0 aliphatic heterocycles. The Kier molecular flexibility index (Phi) is 5.13. The van der Waals surface area contributed by atoms with Crippen LogP contribution in [0.5, 0.6) is 5.75 Å². The second-order valence-corrected chi connectivity index (χ2v) is 4.71. The van der Waals surface area contributed by atoms with Crippen molar-refractivity contribution >= 4 is 17.6 Å². The third kappa shape index (κ3) is 3.93. The van der Waals surface area contributed by atoms with Crippen LogP contribution in [0.3, 0.4) is 0 Å². The van der Waals surface area contributed by atoms with E-state index in [4.69, 9.17) is 27.2 Å². The SMILES string of the molecule is NCc1c(C(=O)O)nnn1CCCOc1ccc(Cl)cc1. The summed E-state index contributed by atoms with van der Waals surface area (Å²) in [5, 5.41) is 17.0. The number of halogens is 1. The third-order valence-corrected chi connectivity index (χ3v) is 3.08. The zero-order valence-electron chi connectivity index (χ0n) is 11.2. The normalized spacial score (nSPS) is 10.6. The highest BCUT2D eigenvalue weighted by Crippen LogP contribution is 2.15. The summed E-state index contributed by atoms with van der Waals surface area (Å²) in [6.45, 7) is 1.03. The average molecular weight is 311 g/mol. The second kappa shape index (κ2) is 7.05. The van der Waals surface area contributed by atoms with Gasteiger partial charge in [0.15, 0.2) is 5.69 Å². The van der Waals surface area contributed by atoms with Crippen LogP contribution in [-0.4, -0.2) is 32.7 Å². The van der Waals surface area contributed by atoms with Gasteiger partial charge in [0.05, 0.1) is 12.3 Å². The molecule has 1 aromatic heterocycles. The number of hydrogen-bond donors (Lipinski definition) is 2. The number of rotatable bonds is 7. The first-order valence-corrected chi connectivity index (χ1v) is 6.73. The van der Waals surface area contributed by atoms with Crippen molar-refractivity contribution in [2.45, 2.75) is 19.5 Å². The molecule has 0 unspecified atom stereocenters. The summed E-state index contributed by atoms with van der Waals surface area (Å²) in [6.07, 6.45) is 0.651. The zero-order chi connectivity index (χ0) is 15.2. The number of aromatic carboxylic acids is 1. The second-order valence-electron chi connectivity index (χ2n) is 4.27. The largest absolute Gasteiger partial charge is 0.494 e. The van der Waals surface area contributed by atoms with Gasteiger partial charge in [-0.3, -0.25) is 0 Å². The lowest BCUT2D eigenvalue weighted by Crippen LogP contribution is -2.14. The van der Waals surface area contributed by atoms with Crippen molar-refractivity contribution in [3.63, 3.8) is 0 Å². The van der Waals surface area contributed by atoms with Crippen LogP contribution in [0.15, 0.2) is 24.3 Å². The molecule has 0 atom stereocenters. The fourth-order valence-corrected chi connectivity index (χ4v) is 1.94. The van der Waals surface area contributed by atoms with E-state index in [1.165, 1.54) is 4.68 Å². The Balaban J connectivity index is 1.86. The molecule has 2 rings (SSSR count). The number of aromatic nitrogens is 3. The predicted octanol–water partition coefficient (Wildman–Crippen LogP) is 1.56. The van der Waals surface area contributed by atoms with Gasteiger partial charge in [0, 0.05) is 24.5 Å². The minimum Gasteiger partial charge on any atom is -0.494 e. The van der Waals surface area contributed by atoms with Crippen LogP contribution >= 0.6 is 11.6 Å². The molecular formula is C13H15ClN4O3. The first-order valence-electron chi connectivity index (χ1n) is 6.36. The monoisotopic (exact) mass is 310 g/mol. The predicted molar refractivity (Wildman–Crippen MR) is 76.4 cm³/mol. The lowest BCUT2D eigenvalue weighted by Gasteiger charge is -2.07. The number of hydrogen-bond acceptors (Lipinski definition) is 5. The van der Waals surface area contributed by atoms with E-state index in [1.54, 1.807) is 24.3 Å². The van der Waals surface area contributed by atoms with Crippen molar-refractivity contribution in [2.75, 3.05) is 6.61 Å². The Morgan fingerprint density at radius 2 is 2.10 bits per heavy atom. The molecule has 0 saturated heterocycles.